The van der Waals surface area contributed by atoms with Gasteiger partial charge in [-0.3, -0.25) is 4.79 Å². The van der Waals surface area contributed by atoms with E-state index >= 15 is 0 Å². The van der Waals surface area contributed by atoms with Crippen LogP contribution in [0.4, 0.5) is 0 Å². The van der Waals surface area contributed by atoms with Crippen molar-refractivity contribution in [2.45, 2.75) is 38.8 Å². The number of hydrogen-bond acceptors (Lipinski definition) is 4. The lowest BCUT2D eigenvalue weighted by molar-refractivity contribution is -0.138. The summed E-state index contributed by atoms with van der Waals surface area (Å²) >= 11 is 0. The van der Waals surface area contributed by atoms with Crippen molar-refractivity contribution in [1.29, 1.82) is 0 Å². The third-order valence-electron chi connectivity index (χ3n) is 4.26. The molecular formula is C15H22N6O. The van der Waals surface area contributed by atoms with E-state index in [2.05, 4.69) is 19.6 Å². The van der Waals surface area contributed by atoms with Gasteiger partial charge in [0.05, 0.1) is 12.4 Å². The second kappa shape index (κ2) is 6.29. The molecule has 0 bridgehead atoms. The van der Waals surface area contributed by atoms with Crippen LogP contribution in [0.3, 0.4) is 0 Å². The van der Waals surface area contributed by atoms with Crippen LogP contribution in [-0.4, -0.2) is 48.2 Å². The molecule has 1 fully saturated rings. The Bertz CT molecular complexity index is 592. The molecule has 118 valence electrons. The lowest BCUT2D eigenvalue weighted by Gasteiger charge is -2.36. The van der Waals surface area contributed by atoms with Gasteiger partial charge >= 0.3 is 0 Å². The number of likely N-dealkylation sites (tertiary alicyclic amines) is 1. The van der Waals surface area contributed by atoms with Gasteiger partial charge in [0.25, 0.3) is 0 Å². The Balaban J connectivity index is 1.75. The highest BCUT2D eigenvalue weighted by atomic mass is 16.2. The van der Waals surface area contributed by atoms with Crippen molar-refractivity contribution in [3.63, 3.8) is 0 Å². The molecule has 1 amide bonds. The maximum Gasteiger partial charge on any atom is 0.247 e. The summed E-state index contributed by atoms with van der Waals surface area (Å²) in [4.78, 5) is 23.0. The van der Waals surface area contributed by atoms with Gasteiger partial charge in [-0.1, -0.05) is 13.8 Å². The Kier molecular flexibility index (Phi) is 4.22. The third kappa shape index (κ3) is 2.88. The van der Waals surface area contributed by atoms with Crippen LogP contribution in [0.5, 0.6) is 0 Å². The van der Waals surface area contributed by atoms with E-state index in [1.807, 2.05) is 31.3 Å². The number of hydrogen-bond donors (Lipinski definition) is 0. The summed E-state index contributed by atoms with van der Waals surface area (Å²) < 4.78 is 3.77. The molecule has 0 spiro atoms. The average Bonchev–Trinajstić information content (AvgIpc) is 3.21. The zero-order valence-corrected chi connectivity index (χ0v) is 13.0. The van der Waals surface area contributed by atoms with Gasteiger partial charge in [-0.25, -0.2) is 14.6 Å². The first kappa shape index (κ1) is 14.7. The van der Waals surface area contributed by atoms with Crippen LogP contribution in [0.1, 0.15) is 38.8 Å². The van der Waals surface area contributed by atoms with Crippen molar-refractivity contribution < 1.29 is 4.79 Å². The summed E-state index contributed by atoms with van der Waals surface area (Å²) in [6, 6.07) is 0.0211. The van der Waals surface area contributed by atoms with Crippen LogP contribution in [-0.2, 0) is 4.79 Å². The monoisotopic (exact) mass is 302 g/mol. The zero-order chi connectivity index (χ0) is 15.5. The highest BCUT2D eigenvalue weighted by molar-refractivity contribution is 5.80. The van der Waals surface area contributed by atoms with Crippen LogP contribution < -0.4 is 0 Å². The smallest absolute Gasteiger partial charge is 0.247 e. The van der Waals surface area contributed by atoms with Gasteiger partial charge in [0.15, 0.2) is 0 Å². The number of rotatable bonds is 4. The number of carbonyl (C=O) groups is 1. The fourth-order valence-electron chi connectivity index (χ4n) is 3.14. The van der Waals surface area contributed by atoms with Crippen LogP contribution in [0.15, 0.2) is 31.4 Å². The van der Waals surface area contributed by atoms with E-state index in [9.17, 15) is 4.79 Å². The second-order valence-corrected chi connectivity index (χ2v) is 6.15. The number of piperidine rings is 1. The molecule has 7 heteroatoms. The van der Waals surface area contributed by atoms with Gasteiger partial charge < -0.3 is 9.47 Å². The van der Waals surface area contributed by atoms with Crippen molar-refractivity contribution in [3.05, 3.63) is 31.4 Å². The summed E-state index contributed by atoms with van der Waals surface area (Å²) in [7, 11) is 0. The number of carbonyl (C=O) groups excluding carboxylic acids is 1. The predicted octanol–water partition coefficient (Wildman–Crippen LogP) is 1.54. The van der Waals surface area contributed by atoms with Gasteiger partial charge in [0, 0.05) is 25.5 Å². The number of nitrogens with zero attached hydrogens (tertiary/aromatic N) is 6. The van der Waals surface area contributed by atoms with E-state index in [0.717, 1.165) is 25.9 Å². The van der Waals surface area contributed by atoms with Crippen LogP contribution in [0.2, 0.25) is 0 Å². The summed E-state index contributed by atoms with van der Waals surface area (Å²) in [6.45, 7) is 5.62. The molecule has 7 nitrogen and oxygen atoms in total. The zero-order valence-electron chi connectivity index (χ0n) is 13.0. The van der Waals surface area contributed by atoms with Crippen molar-refractivity contribution >= 4 is 5.91 Å². The molecule has 2 aromatic rings. The molecule has 0 aromatic carbocycles. The van der Waals surface area contributed by atoms with E-state index < -0.39 is 0 Å². The molecule has 2 atom stereocenters. The molecule has 2 aromatic heterocycles. The molecule has 0 unspecified atom stereocenters. The minimum atomic E-state index is -0.288. The standard InChI is InChI=1S/C15H22N6O/c1-12(2)14(21-11-17-9-18-21)15(22)19-6-3-4-13(8-19)20-7-5-16-10-20/h5,7,9-14H,3-4,6,8H2,1-2H3/t13-,14+/m1/s1. The number of amides is 1. The largest absolute Gasteiger partial charge is 0.339 e. The van der Waals surface area contributed by atoms with E-state index in [4.69, 9.17) is 0 Å². The quantitative estimate of drug-likeness (QED) is 0.859. The van der Waals surface area contributed by atoms with Crippen molar-refractivity contribution in [2.75, 3.05) is 13.1 Å². The molecular weight excluding hydrogens is 280 g/mol. The molecule has 22 heavy (non-hydrogen) atoms. The average molecular weight is 302 g/mol. The summed E-state index contributed by atoms with van der Waals surface area (Å²) in [5.74, 6) is 0.299. The minimum Gasteiger partial charge on any atom is -0.339 e. The summed E-state index contributed by atoms with van der Waals surface area (Å²) in [5.41, 5.74) is 0. The first-order valence-corrected chi connectivity index (χ1v) is 7.77. The van der Waals surface area contributed by atoms with Gasteiger partial charge in [0.1, 0.15) is 18.7 Å². The van der Waals surface area contributed by atoms with E-state index in [-0.39, 0.29) is 17.9 Å². The van der Waals surface area contributed by atoms with Crippen LogP contribution in [0, 0.1) is 5.92 Å². The second-order valence-electron chi connectivity index (χ2n) is 6.15. The normalized spacial score (nSPS) is 20.3. The molecule has 0 N–H and O–H groups in total. The number of imidazole rings is 1. The number of aromatic nitrogens is 5. The van der Waals surface area contributed by atoms with E-state index in [1.54, 1.807) is 17.2 Å². The summed E-state index contributed by atoms with van der Waals surface area (Å²) in [5, 5.41) is 4.17. The van der Waals surface area contributed by atoms with Crippen LogP contribution in [0.25, 0.3) is 0 Å². The van der Waals surface area contributed by atoms with Gasteiger partial charge in [0.2, 0.25) is 5.91 Å². The van der Waals surface area contributed by atoms with Crippen molar-refractivity contribution in [1.82, 2.24) is 29.2 Å². The van der Waals surface area contributed by atoms with Crippen molar-refractivity contribution in [3.8, 4) is 0 Å². The van der Waals surface area contributed by atoms with Gasteiger partial charge in [-0.15, -0.1) is 0 Å². The van der Waals surface area contributed by atoms with E-state index in [0.29, 0.717) is 6.04 Å². The minimum absolute atomic E-state index is 0.130. The molecule has 1 saturated heterocycles. The molecule has 1 aliphatic rings. The lowest BCUT2D eigenvalue weighted by atomic mass is 10.00. The Morgan fingerprint density at radius 3 is 2.77 bits per heavy atom. The fraction of sp³-hybridized carbons (Fsp3) is 0.600. The summed E-state index contributed by atoms with van der Waals surface area (Å²) in [6.07, 6.45) is 10.8. The lowest BCUT2D eigenvalue weighted by Crippen LogP contribution is -2.45. The third-order valence-corrected chi connectivity index (χ3v) is 4.26. The van der Waals surface area contributed by atoms with Crippen LogP contribution >= 0.6 is 0 Å². The topological polar surface area (TPSA) is 68.8 Å². The SMILES string of the molecule is CC(C)[C@@H](C(=O)N1CCC[C@@H](n2ccnc2)C1)n1cncn1. The van der Waals surface area contributed by atoms with Gasteiger partial charge in [-0.2, -0.15) is 5.10 Å². The molecule has 3 heterocycles. The Labute approximate surface area is 130 Å². The highest BCUT2D eigenvalue weighted by Gasteiger charge is 2.32. The first-order chi connectivity index (χ1) is 10.7. The Hall–Kier alpha value is -2.18. The van der Waals surface area contributed by atoms with E-state index in [1.165, 1.54) is 6.33 Å². The first-order valence-electron chi connectivity index (χ1n) is 7.77. The van der Waals surface area contributed by atoms with Gasteiger partial charge in [-0.05, 0) is 18.8 Å². The Morgan fingerprint density at radius 2 is 2.14 bits per heavy atom. The fourth-order valence-corrected chi connectivity index (χ4v) is 3.14. The maximum absolute atomic E-state index is 13.0. The highest BCUT2D eigenvalue weighted by Crippen LogP contribution is 2.26. The molecule has 0 aliphatic carbocycles. The maximum atomic E-state index is 13.0. The Morgan fingerprint density at radius 1 is 1.27 bits per heavy atom. The van der Waals surface area contributed by atoms with Crippen molar-refractivity contribution in [2.24, 2.45) is 5.92 Å². The molecule has 0 saturated carbocycles. The predicted molar refractivity (Wildman–Crippen MR) is 81.0 cm³/mol. The molecule has 1 aliphatic heterocycles. The molecule has 0 radical (unpaired) electrons. The molecule has 3 rings (SSSR count).